The van der Waals surface area contributed by atoms with Crippen LogP contribution >= 0.6 is 0 Å². The Morgan fingerprint density at radius 1 is 1.07 bits per heavy atom. The maximum Gasteiger partial charge on any atom is 0.243 e. The van der Waals surface area contributed by atoms with Crippen LogP contribution in [0.5, 0.6) is 5.75 Å². The number of morpholine rings is 1. The Morgan fingerprint density at radius 3 is 2.54 bits per heavy atom. The van der Waals surface area contributed by atoms with Crippen molar-refractivity contribution in [1.82, 2.24) is 14.2 Å². The molecule has 4 aliphatic rings. The minimum atomic E-state index is -3.66. The second-order valence-corrected chi connectivity index (χ2v) is 13.1. The number of sulfonamides is 1. The van der Waals surface area contributed by atoms with Crippen molar-refractivity contribution >= 4 is 32.8 Å². The molecule has 1 aromatic carbocycles. The Hall–Kier alpha value is -3.17. The van der Waals surface area contributed by atoms with Crippen molar-refractivity contribution in [2.24, 2.45) is 0 Å². The molecule has 2 aliphatic heterocycles. The lowest BCUT2D eigenvalue weighted by Crippen LogP contribution is -2.50. The van der Waals surface area contributed by atoms with Gasteiger partial charge >= 0.3 is 0 Å². The van der Waals surface area contributed by atoms with E-state index >= 15 is 0 Å². The summed E-state index contributed by atoms with van der Waals surface area (Å²) in [4.78, 5) is 7.50. The molecule has 2 saturated heterocycles. The number of fused-ring (bicyclic) bond motifs is 1. The summed E-state index contributed by atoms with van der Waals surface area (Å²) in [5, 5.41) is 16.7. The number of hydrogen-bond donors (Lipinski definition) is 2. The van der Waals surface area contributed by atoms with Gasteiger partial charge in [0.05, 0.1) is 48.2 Å². The summed E-state index contributed by atoms with van der Waals surface area (Å²) in [7, 11) is -2.12. The topological polar surface area (TPSA) is 120 Å². The van der Waals surface area contributed by atoms with Crippen molar-refractivity contribution in [3.63, 3.8) is 0 Å². The first-order valence-electron chi connectivity index (χ1n) is 14.6. The normalized spacial score (nSPS) is 20.8. The van der Waals surface area contributed by atoms with E-state index in [1.807, 2.05) is 12.1 Å². The van der Waals surface area contributed by atoms with Gasteiger partial charge in [0, 0.05) is 61.6 Å². The number of allylic oxidation sites excluding steroid dienone is 2. The predicted octanol–water partition coefficient (Wildman–Crippen LogP) is 4.14. The predicted molar refractivity (Wildman–Crippen MR) is 158 cm³/mol. The number of pyridine rings is 1. The number of ether oxygens (including phenoxy) is 2. The van der Waals surface area contributed by atoms with E-state index < -0.39 is 10.0 Å². The van der Waals surface area contributed by atoms with E-state index in [1.54, 1.807) is 29.6 Å². The van der Waals surface area contributed by atoms with Gasteiger partial charge in [-0.25, -0.2) is 13.4 Å². The largest absolute Gasteiger partial charge is 0.495 e. The fourth-order valence-electron chi connectivity index (χ4n) is 6.20. The maximum atomic E-state index is 13.6. The van der Waals surface area contributed by atoms with E-state index in [-0.39, 0.29) is 4.90 Å². The Bertz CT molecular complexity index is 1450. The van der Waals surface area contributed by atoms with E-state index in [0.717, 1.165) is 81.8 Å². The number of benzene rings is 1. The average Bonchev–Trinajstić information content (AvgIpc) is 2.99. The third-order valence-electron chi connectivity index (χ3n) is 8.74. The minimum Gasteiger partial charge on any atom is -0.495 e. The van der Waals surface area contributed by atoms with E-state index in [1.165, 1.54) is 6.42 Å². The fraction of sp³-hybridized carbons (Fsp3) is 0.533. The van der Waals surface area contributed by atoms with Crippen LogP contribution in [0.25, 0.3) is 5.57 Å². The van der Waals surface area contributed by atoms with Crippen LogP contribution in [-0.4, -0.2) is 81.2 Å². The van der Waals surface area contributed by atoms with E-state index in [0.29, 0.717) is 48.0 Å². The van der Waals surface area contributed by atoms with Crippen LogP contribution in [0.15, 0.2) is 35.2 Å². The zero-order valence-corrected chi connectivity index (χ0v) is 24.4. The lowest BCUT2D eigenvalue weighted by Gasteiger charge is -2.39. The summed E-state index contributed by atoms with van der Waals surface area (Å²) in [5.74, 6) is 1.06. The van der Waals surface area contributed by atoms with Crippen LogP contribution in [0.3, 0.4) is 0 Å². The van der Waals surface area contributed by atoms with Gasteiger partial charge in [-0.3, -0.25) is 4.90 Å². The van der Waals surface area contributed by atoms with Crippen LogP contribution in [-0.2, 0) is 21.2 Å². The smallest absolute Gasteiger partial charge is 0.243 e. The Morgan fingerprint density at radius 2 is 1.85 bits per heavy atom. The summed E-state index contributed by atoms with van der Waals surface area (Å²) < 4.78 is 39.9. The Labute approximate surface area is 242 Å². The molecule has 0 radical (unpaired) electrons. The second kappa shape index (κ2) is 12.0. The van der Waals surface area contributed by atoms with Crippen molar-refractivity contribution < 1.29 is 17.9 Å². The zero-order chi connectivity index (χ0) is 28.4. The molecule has 218 valence electrons. The molecule has 2 N–H and O–H groups in total. The van der Waals surface area contributed by atoms with Crippen LogP contribution in [0.1, 0.15) is 49.8 Å². The molecule has 0 atom stereocenters. The van der Waals surface area contributed by atoms with Crippen LogP contribution in [0.4, 0.5) is 17.2 Å². The van der Waals surface area contributed by atoms with Crippen LogP contribution < -0.4 is 15.4 Å². The van der Waals surface area contributed by atoms with Crippen molar-refractivity contribution in [3.8, 4) is 11.8 Å². The monoisotopic (exact) mass is 578 g/mol. The Kier molecular flexibility index (Phi) is 8.17. The van der Waals surface area contributed by atoms with Gasteiger partial charge < -0.3 is 20.1 Å². The highest BCUT2D eigenvalue weighted by molar-refractivity contribution is 7.89. The number of nitrogens with one attached hydrogen (secondary N) is 2. The summed E-state index contributed by atoms with van der Waals surface area (Å²) in [6.45, 7) is 4.32. The number of nitrogens with zero attached hydrogens (tertiary/aromatic N) is 4. The molecule has 3 heterocycles. The van der Waals surface area contributed by atoms with Gasteiger partial charge in [-0.1, -0.05) is 6.08 Å². The first-order chi connectivity index (χ1) is 20.0. The number of anilines is 3. The summed E-state index contributed by atoms with van der Waals surface area (Å²) in [5.41, 5.74) is 3.98. The van der Waals surface area contributed by atoms with E-state index in [9.17, 15) is 13.7 Å². The van der Waals surface area contributed by atoms with E-state index in [4.69, 9.17) is 14.5 Å². The second-order valence-electron chi connectivity index (χ2n) is 11.2. The minimum absolute atomic E-state index is 0.222. The van der Waals surface area contributed by atoms with Gasteiger partial charge in [-0.15, -0.1) is 0 Å². The molecule has 6 rings (SSSR count). The molecule has 0 amide bonds. The molecule has 1 aromatic heterocycles. The van der Waals surface area contributed by atoms with E-state index in [2.05, 4.69) is 21.6 Å². The summed E-state index contributed by atoms with van der Waals surface area (Å²) in [6, 6.07) is 10.0. The molecule has 2 aliphatic carbocycles. The van der Waals surface area contributed by atoms with Gasteiger partial charge in [-0.2, -0.15) is 9.57 Å². The molecule has 1 saturated carbocycles. The zero-order valence-electron chi connectivity index (χ0n) is 23.6. The van der Waals surface area contributed by atoms with Crippen molar-refractivity contribution in [2.75, 3.05) is 57.1 Å². The molecule has 10 nitrogen and oxygen atoms in total. The number of piperidine rings is 1. The molecule has 2 aromatic rings. The highest BCUT2D eigenvalue weighted by Gasteiger charge is 2.33. The quantitative estimate of drug-likeness (QED) is 0.476. The molecule has 0 unspecified atom stereocenters. The molecule has 0 bridgehead atoms. The van der Waals surface area contributed by atoms with Gasteiger partial charge in [-0.05, 0) is 57.1 Å². The molecule has 11 heteroatoms. The number of methoxy groups -OCH3 is 1. The third-order valence-corrected chi connectivity index (χ3v) is 10.6. The summed E-state index contributed by atoms with van der Waals surface area (Å²) >= 11 is 0. The molecule has 0 spiro atoms. The lowest BCUT2D eigenvalue weighted by atomic mass is 9.90. The number of rotatable bonds is 8. The lowest BCUT2D eigenvalue weighted by molar-refractivity contribution is 0.00610. The molecule has 3 fully saturated rings. The van der Waals surface area contributed by atoms with Gasteiger partial charge in [0.1, 0.15) is 11.6 Å². The molecular weight excluding hydrogens is 540 g/mol. The third kappa shape index (κ3) is 5.79. The van der Waals surface area contributed by atoms with Crippen molar-refractivity contribution in [1.29, 1.82) is 5.26 Å². The number of nitriles is 1. The van der Waals surface area contributed by atoms with Gasteiger partial charge in [0.15, 0.2) is 0 Å². The van der Waals surface area contributed by atoms with Crippen molar-refractivity contribution in [3.05, 3.63) is 41.6 Å². The molecule has 41 heavy (non-hydrogen) atoms. The summed E-state index contributed by atoms with van der Waals surface area (Å²) in [6.07, 6.45) is 8.58. The number of hydrogen-bond acceptors (Lipinski definition) is 9. The SMILES string of the molecule is COc1cc(S(=O)(=O)N2CCC(N3CCOCC3)CC2)ccc1Nc1cc(NC2CCC2)c2c(n1)CCC=C2C#N. The van der Waals surface area contributed by atoms with Gasteiger partial charge in [0.25, 0.3) is 0 Å². The van der Waals surface area contributed by atoms with Crippen LogP contribution in [0.2, 0.25) is 0 Å². The first-order valence-corrected chi connectivity index (χ1v) is 16.1. The fourth-order valence-corrected chi connectivity index (χ4v) is 7.68. The Balaban J connectivity index is 1.21. The van der Waals surface area contributed by atoms with Crippen molar-refractivity contribution in [2.45, 2.75) is 61.9 Å². The maximum absolute atomic E-state index is 13.6. The highest BCUT2D eigenvalue weighted by atomic mass is 32.2. The molecular formula is C30H38N6O4S. The standard InChI is InChI=1S/C30H38N6O4S/c1-39-28-18-24(41(37,38)36-12-10-23(11-13-36)35-14-16-40-17-15-35)8-9-25(28)33-29-19-27(32-22-5-3-6-22)30-21(20-31)4-2-7-26(30)34-29/h4,8-9,18-19,22-23H,2-3,5-7,10-17H2,1H3,(H2,32,33,34). The average molecular weight is 579 g/mol. The van der Waals surface area contributed by atoms with Crippen LogP contribution in [0, 0.1) is 11.3 Å². The number of aromatic nitrogens is 1. The number of aryl methyl sites for hydroxylation is 1. The highest BCUT2D eigenvalue weighted by Crippen LogP contribution is 2.38. The first kappa shape index (κ1) is 28.0. The van der Waals surface area contributed by atoms with Gasteiger partial charge in [0.2, 0.25) is 10.0 Å².